The minimum atomic E-state index is -0.272. The lowest BCUT2D eigenvalue weighted by Gasteiger charge is -2.26. The molecule has 0 radical (unpaired) electrons. The van der Waals surface area contributed by atoms with E-state index in [1.165, 1.54) is 0 Å². The third-order valence-corrected chi connectivity index (χ3v) is 7.57. The molecule has 0 aromatic heterocycles. The molecule has 4 aromatic carbocycles. The highest BCUT2D eigenvalue weighted by atomic mass is 16.2. The number of fused-ring (bicyclic) bond motifs is 4. The molecule has 6 nitrogen and oxygen atoms in total. The largest absolute Gasteiger partial charge is 0.356 e. The molecule has 0 bridgehead atoms. The molecule has 0 saturated carbocycles. The van der Waals surface area contributed by atoms with Crippen LogP contribution in [0.15, 0.2) is 97.1 Å². The highest BCUT2D eigenvalue weighted by Crippen LogP contribution is 2.27. The zero-order valence-corrected chi connectivity index (χ0v) is 23.6. The van der Waals surface area contributed by atoms with E-state index >= 15 is 0 Å². The summed E-state index contributed by atoms with van der Waals surface area (Å²) in [5, 5.41) is 2.83. The molecule has 0 fully saturated rings. The molecule has 1 N–H and O–H groups in total. The van der Waals surface area contributed by atoms with Crippen LogP contribution in [0.3, 0.4) is 0 Å². The summed E-state index contributed by atoms with van der Waals surface area (Å²) in [5.41, 5.74) is 6.76. The van der Waals surface area contributed by atoms with Crippen LogP contribution >= 0.6 is 0 Å². The minimum absolute atomic E-state index is 0.0223. The SMILES string of the molecule is O=C(CCC(=O)N1Cc2ccccc2C#Cc2ccccc21)NCCC(=O)N1Cc2ccccc2C#Cc2ccccc21. The van der Waals surface area contributed by atoms with Gasteiger partial charge in [0.25, 0.3) is 0 Å². The van der Waals surface area contributed by atoms with Crippen molar-refractivity contribution in [2.24, 2.45) is 0 Å². The number of nitrogens with one attached hydrogen (secondary N) is 1. The van der Waals surface area contributed by atoms with Gasteiger partial charge in [0.15, 0.2) is 0 Å². The van der Waals surface area contributed by atoms with Crippen LogP contribution in [0.1, 0.15) is 52.6 Å². The van der Waals surface area contributed by atoms with Gasteiger partial charge in [0.2, 0.25) is 17.7 Å². The zero-order valence-electron chi connectivity index (χ0n) is 23.6. The first-order valence-electron chi connectivity index (χ1n) is 14.3. The molecule has 2 aliphatic heterocycles. The molecule has 210 valence electrons. The molecule has 6 rings (SSSR count). The number of carbonyl (C=O) groups excluding carboxylic acids is 3. The van der Waals surface area contributed by atoms with Crippen molar-refractivity contribution in [3.8, 4) is 23.7 Å². The van der Waals surface area contributed by atoms with Gasteiger partial charge >= 0.3 is 0 Å². The number of nitrogens with zero attached hydrogens (tertiary/aromatic N) is 2. The monoisotopic (exact) mass is 563 g/mol. The van der Waals surface area contributed by atoms with Crippen molar-refractivity contribution in [3.63, 3.8) is 0 Å². The van der Waals surface area contributed by atoms with Crippen LogP contribution in [0, 0.1) is 23.7 Å². The van der Waals surface area contributed by atoms with Gasteiger partial charge < -0.3 is 15.1 Å². The first-order valence-corrected chi connectivity index (χ1v) is 14.3. The molecular formula is C37H29N3O3. The highest BCUT2D eigenvalue weighted by molar-refractivity contribution is 5.97. The van der Waals surface area contributed by atoms with Crippen molar-refractivity contribution in [3.05, 3.63) is 130 Å². The molecule has 0 spiro atoms. The summed E-state index contributed by atoms with van der Waals surface area (Å²) in [5.74, 6) is 12.3. The van der Waals surface area contributed by atoms with Crippen molar-refractivity contribution >= 4 is 29.1 Å². The molecule has 0 atom stereocenters. The van der Waals surface area contributed by atoms with E-state index in [9.17, 15) is 14.4 Å². The van der Waals surface area contributed by atoms with Crippen molar-refractivity contribution in [1.29, 1.82) is 0 Å². The van der Waals surface area contributed by atoms with Crippen molar-refractivity contribution in [1.82, 2.24) is 5.32 Å². The lowest BCUT2D eigenvalue weighted by atomic mass is 10.0. The molecule has 0 saturated heterocycles. The lowest BCUT2D eigenvalue weighted by molar-refractivity contribution is -0.125. The first kappa shape index (κ1) is 27.6. The number of anilines is 2. The molecule has 0 unspecified atom stereocenters. The number of benzene rings is 4. The molecule has 4 aromatic rings. The molecule has 43 heavy (non-hydrogen) atoms. The fraction of sp³-hybridized carbons (Fsp3) is 0.162. The van der Waals surface area contributed by atoms with E-state index < -0.39 is 0 Å². The summed E-state index contributed by atoms with van der Waals surface area (Å²) < 4.78 is 0. The Morgan fingerprint density at radius 3 is 1.49 bits per heavy atom. The summed E-state index contributed by atoms with van der Waals surface area (Å²) >= 11 is 0. The Labute approximate surface area is 251 Å². The Balaban J connectivity index is 1.08. The van der Waals surface area contributed by atoms with Crippen LogP contribution in [-0.2, 0) is 27.5 Å². The second-order valence-electron chi connectivity index (χ2n) is 10.4. The van der Waals surface area contributed by atoms with E-state index in [0.29, 0.717) is 13.1 Å². The predicted octanol–water partition coefficient (Wildman–Crippen LogP) is 5.17. The quantitative estimate of drug-likeness (QED) is 0.330. The van der Waals surface area contributed by atoms with Crippen molar-refractivity contribution < 1.29 is 14.4 Å². The minimum Gasteiger partial charge on any atom is -0.356 e. The molecule has 2 aliphatic rings. The van der Waals surface area contributed by atoms with Crippen LogP contribution in [-0.4, -0.2) is 24.3 Å². The fourth-order valence-electron chi connectivity index (χ4n) is 5.30. The van der Waals surface area contributed by atoms with Gasteiger partial charge in [-0.1, -0.05) is 84.3 Å². The van der Waals surface area contributed by atoms with E-state index in [4.69, 9.17) is 0 Å². The van der Waals surface area contributed by atoms with Gasteiger partial charge in [-0.15, -0.1) is 0 Å². The first-order chi connectivity index (χ1) is 21.1. The van der Waals surface area contributed by atoms with Crippen molar-refractivity contribution in [2.75, 3.05) is 16.3 Å². The van der Waals surface area contributed by atoms with Gasteiger partial charge in [0, 0.05) is 48.1 Å². The zero-order chi connectivity index (χ0) is 29.6. The summed E-state index contributed by atoms with van der Waals surface area (Å²) in [6.45, 7) is 0.947. The summed E-state index contributed by atoms with van der Waals surface area (Å²) in [7, 11) is 0. The average molecular weight is 564 g/mol. The maximum Gasteiger partial charge on any atom is 0.229 e. The molecule has 3 amide bonds. The van der Waals surface area contributed by atoms with E-state index in [2.05, 4.69) is 29.0 Å². The Bertz CT molecular complexity index is 1850. The number of rotatable bonds is 6. The second kappa shape index (κ2) is 12.5. The normalized spacial score (nSPS) is 12.6. The highest BCUT2D eigenvalue weighted by Gasteiger charge is 2.23. The summed E-state index contributed by atoms with van der Waals surface area (Å²) in [4.78, 5) is 43.1. The third-order valence-electron chi connectivity index (χ3n) is 7.57. The van der Waals surface area contributed by atoms with E-state index in [-0.39, 0.29) is 43.5 Å². The Morgan fingerprint density at radius 2 is 0.953 bits per heavy atom. The van der Waals surface area contributed by atoms with Crippen LogP contribution in [0.4, 0.5) is 11.4 Å². The number of para-hydroxylation sites is 2. The Hall–Kier alpha value is -5.59. The fourth-order valence-corrected chi connectivity index (χ4v) is 5.30. The number of hydrogen-bond acceptors (Lipinski definition) is 3. The Morgan fingerprint density at radius 1 is 0.535 bits per heavy atom. The van der Waals surface area contributed by atoms with Crippen LogP contribution in [0.5, 0.6) is 0 Å². The van der Waals surface area contributed by atoms with Crippen LogP contribution < -0.4 is 15.1 Å². The number of carbonyl (C=O) groups is 3. The van der Waals surface area contributed by atoms with Gasteiger partial charge in [-0.3, -0.25) is 14.4 Å². The predicted molar refractivity (Wildman–Crippen MR) is 167 cm³/mol. The van der Waals surface area contributed by atoms with Gasteiger partial charge in [-0.25, -0.2) is 0 Å². The van der Waals surface area contributed by atoms with Gasteiger partial charge in [0.05, 0.1) is 24.5 Å². The summed E-state index contributed by atoms with van der Waals surface area (Å²) in [6.07, 6.45) is 0.186. The van der Waals surface area contributed by atoms with Gasteiger partial charge in [-0.05, 0) is 47.5 Å². The number of hydrogen-bond donors (Lipinski definition) is 1. The smallest absolute Gasteiger partial charge is 0.229 e. The third kappa shape index (κ3) is 6.20. The van der Waals surface area contributed by atoms with E-state index in [0.717, 1.165) is 44.8 Å². The van der Waals surface area contributed by atoms with E-state index in [1.807, 2.05) is 97.1 Å². The molecule has 0 aliphatic carbocycles. The van der Waals surface area contributed by atoms with Crippen molar-refractivity contribution in [2.45, 2.75) is 32.4 Å². The summed E-state index contributed by atoms with van der Waals surface area (Å²) in [6, 6.07) is 30.8. The standard InChI is InChI=1S/C37H29N3O3/c41-35(21-22-36(42)39-25-31-13-3-1-9-27(31)17-19-29-11-5-7-15-33(29)39)38-24-23-37(43)40-26-32-14-4-2-10-28(32)18-20-30-12-6-8-16-34(30)40/h1-16H,21-26H2,(H,38,41). The lowest BCUT2D eigenvalue weighted by Crippen LogP contribution is -2.36. The van der Waals surface area contributed by atoms with Crippen LogP contribution in [0.25, 0.3) is 0 Å². The van der Waals surface area contributed by atoms with Gasteiger partial charge in [-0.2, -0.15) is 0 Å². The topological polar surface area (TPSA) is 69.7 Å². The Kier molecular flexibility index (Phi) is 8.02. The van der Waals surface area contributed by atoms with E-state index in [1.54, 1.807) is 9.80 Å². The number of amides is 3. The maximum atomic E-state index is 13.4. The van der Waals surface area contributed by atoms with Gasteiger partial charge in [0.1, 0.15) is 0 Å². The molecule has 2 heterocycles. The molecule has 6 heteroatoms. The van der Waals surface area contributed by atoms with Crippen LogP contribution in [0.2, 0.25) is 0 Å². The second-order valence-corrected chi connectivity index (χ2v) is 10.4. The molecular weight excluding hydrogens is 534 g/mol. The average Bonchev–Trinajstić information content (AvgIpc) is 3.02. The maximum absolute atomic E-state index is 13.4.